The van der Waals surface area contributed by atoms with Crippen LogP contribution in [0.25, 0.3) is 27.8 Å². The van der Waals surface area contributed by atoms with Gasteiger partial charge in [0.1, 0.15) is 5.56 Å². The molecule has 3 aromatic carbocycles. The monoisotopic (exact) mass is 468 g/mol. The molecule has 0 fully saturated rings. The van der Waals surface area contributed by atoms with E-state index in [0.717, 1.165) is 27.9 Å². The highest BCUT2D eigenvalue weighted by Gasteiger charge is 2.20. The quantitative estimate of drug-likeness (QED) is 0.380. The normalized spacial score (nSPS) is 11.0. The van der Waals surface area contributed by atoms with Gasteiger partial charge in [0.25, 0.3) is 11.5 Å². The first kappa shape index (κ1) is 21.7. The van der Waals surface area contributed by atoms with Gasteiger partial charge < -0.3 is 9.88 Å². The largest absolute Gasteiger partial charge is 0.337 e. The Labute approximate surface area is 201 Å². The minimum Gasteiger partial charge on any atom is -0.337 e. The standard InChI is InChI=1S/C27H21ClN4O2/c1-31(27(34)23-15-19-7-5-6-10-24(19)29-26(23)33)16-20-17-32(22-8-3-2-4-9-22)30-25(20)18-11-13-21(28)14-12-18/h2-15,17H,16H2,1H3,(H,29,33). The molecule has 7 heteroatoms. The van der Waals surface area contributed by atoms with E-state index in [2.05, 4.69) is 4.98 Å². The van der Waals surface area contributed by atoms with Crippen LogP contribution in [-0.2, 0) is 6.54 Å². The molecular formula is C27H21ClN4O2. The van der Waals surface area contributed by atoms with Crippen LogP contribution in [-0.4, -0.2) is 32.6 Å². The van der Waals surface area contributed by atoms with Gasteiger partial charge in [0.15, 0.2) is 0 Å². The summed E-state index contributed by atoms with van der Waals surface area (Å²) in [5.74, 6) is -0.360. The highest BCUT2D eigenvalue weighted by atomic mass is 35.5. The van der Waals surface area contributed by atoms with Crippen LogP contribution >= 0.6 is 11.6 Å². The molecule has 5 rings (SSSR count). The molecule has 0 atom stereocenters. The van der Waals surface area contributed by atoms with E-state index in [4.69, 9.17) is 16.7 Å². The number of fused-ring (bicyclic) bond motifs is 1. The summed E-state index contributed by atoms with van der Waals surface area (Å²) in [6.45, 7) is 0.274. The Balaban J connectivity index is 1.51. The lowest BCUT2D eigenvalue weighted by atomic mass is 10.1. The second-order valence-electron chi connectivity index (χ2n) is 8.05. The topological polar surface area (TPSA) is 71.0 Å². The van der Waals surface area contributed by atoms with E-state index in [0.29, 0.717) is 10.5 Å². The molecule has 2 aromatic heterocycles. The van der Waals surface area contributed by atoms with Crippen molar-refractivity contribution >= 4 is 28.4 Å². The zero-order valence-electron chi connectivity index (χ0n) is 18.4. The van der Waals surface area contributed by atoms with Gasteiger partial charge in [-0.15, -0.1) is 0 Å². The SMILES string of the molecule is CN(Cc1cn(-c2ccccc2)nc1-c1ccc(Cl)cc1)C(=O)c1cc2ccccc2[nH]c1=O. The summed E-state index contributed by atoms with van der Waals surface area (Å²) in [6, 6.07) is 26.2. The van der Waals surface area contributed by atoms with Crippen molar-refractivity contribution in [1.29, 1.82) is 0 Å². The smallest absolute Gasteiger partial charge is 0.261 e. The van der Waals surface area contributed by atoms with Gasteiger partial charge in [-0.3, -0.25) is 9.59 Å². The molecule has 0 bridgehead atoms. The third-order valence-electron chi connectivity index (χ3n) is 5.67. The second-order valence-corrected chi connectivity index (χ2v) is 8.49. The fraction of sp³-hybridized carbons (Fsp3) is 0.0741. The number of carbonyl (C=O) groups is 1. The number of nitrogens with one attached hydrogen (secondary N) is 1. The van der Waals surface area contributed by atoms with Crippen molar-refractivity contribution in [3.63, 3.8) is 0 Å². The number of amides is 1. The van der Waals surface area contributed by atoms with Crippen molar-refractivity contribution in [1.82, 2.24) is 19.7 Å². The number of halogens is 1. The van der Waals surface area contributed by atoms with Crippen molar-refractivity contribution in [3.8, 4) is 16.9 Å². The van der Waals surface area contributed by atoms with E-state index in [9.17, 15) is 9.59 Å². The van der Waals surface area contributed by atoms with Gasteiger partial charge >= 0.3 is 0 Å². The van der Waals surface area contributed by atoms with Gasteiger partial charge in [0.05, 0.1) is 11.4 Å². The number of aromatic nitrogens is 3. The molecule has 6 nitrogen and oxygen atoms in total. The number of hydrogen-bond donors (Lipinski definition) is 1. The summed E-state index contributed by atoms with van der Waals surface area (Å²) in [5.41, 5.74) is 3.77. The molecule has 0 radical (unpaired) electrons. The third-order valence-corrected chi connectivity index (χ3v) is 5.92. The first-order chi connectivity index (χ1) is 16.5. The molecule has 0 aliphatic carbocycles. The zero-order valence-corrected chi connectivity index (χ0v) is 19.2. The van der Waals surface area contributed by atoms with Crippen molar-refractivity contribution in [3.05, 3.63) is 118 Å². The Hall–Kier alpha value is -4.16. The lowest BCUT2D eigenvalue weighted by molar-refractivity contribution is 0.0783. The predicted octanol–water partition coefficient (Wildman–Crippen LogP) is 5.31. The highest BCUT2D eigenvalue weighted by Crippen LogP contribution is 2.26. The summed E-state index contributed by atoms with van der Waals surface area (Å²) in [7, 11) is 1.68. The van der Waals surface area contributed by atoms with E-state index in [1.807, 2.05) is 85.1 Å². The van der Waals surface area contributed by atoms with Gasteiger partial charge in [0, 0.05) is 41.5 Å². The van der Waals surface area contributed by atoms with Crippen LogP contribution < -0.4 is 5.56 Å². The van der Waals surface area contributed by atoms with Crippen LogP contribution in [0.4, 0.5) is 0 Å². The molecule has 0 unspecified atom stereocenters. The minimum atomic E-state index is -0.409. The summed E-state index contributed by atoms with van der Waals surface area (Å²) in [4.78, 5) is 30.2. The molecule has 0 saturated heterocycles. The number of aromatic amines is 1. The van der Waals surface area contributed by atoms with Crippen LogP contribution in [0, 0.1) is 0 Å². The number of H-pyrrole nitrogens is 1. The molecule has 1 N–H and O–H groups in total. The van der Waals surface area contributed by atoms with Crippen molar-refractivity contribution in [2.24, 2.45) is 0 Å². The second kappa shape index (κ2) is 9.00. The minimum absolute atomic E-state index is 0.102. The van der Waals surface area contributed by atoms with E-state index in [1.165, 1.54) is 4.90 Å². The molecule has 1 amide bonds. The van der Waals surface area contributed by atoms with Crippen LogP contribution in [0.5, 0.6) is 0 Å². The maximum absolute atomic E-state index is 13.2. The van der Waals surface area contributed by atoms with Crippen molar-refractivity contribution in [2.45, 2.75) is 6.54 Å². The Morgan fingerprint density at radius 2 is 1.71 bits per heavy atom. The molecule has 0 aliphatic rings. The number of pyridine rings is 1. The highest BCUT2D eigenvalue weighted by molar-refractivity contribution is 6.30. The number of hydrogen-bond acceptors (Lipinski definition) is 3. The number of rotatable bonds is 5. The Morgan fingerprint density at radius 1 is 1.00 bits per heavy atom. The Morgan fingerprint density at radius 3 is 2.47 bits per heavy atom. The average Bonchev–Trinajstić information content (AvgIpc) is 3.28. The molecule has 0 spiro atoms. The molecule has 0 aliphatic heterocycles. The summed E-state index contributed by atoms with van der Waals surface area (Å²) >= 11 is 6.08. The van der Waals surface area contributed by atoms with E-state index < -0.39 is 5.56 Å². The van der Waals surface area contributed by atoms with Gasteiger partial charge in [-0.05, 0) is 41.8 Å². The maximum Gasteiger partial charge on any atom is 0.261 e. The van der Waals surface area contributed by atoms with Crippen molar-refractivity contribution in [2.75, 3.05) is 7.05 Å². The van der Waals surface area contributed by atoms with E-state index in [-0.39, 0.29) is 18.0 Å². The maximum atomic E-state index is 13.2. The number of nitrogens with zero attached hydrogens (tertiary/aromatic N) is 3. The van der Waals surface area contributed by atoms with E-state index in [1.54, 1.807) is 17.8 Å². The molecular weight excluding hydrogens is 448 g/mol. The molecule has 0 saturated carbocycles. The van der Waals surface area contributed by atoms with E-state index >= 15 is 0 Å². The Bertz CT molecular complexity index is 1540. The van der Waals surface area contributed by atoms with Gasteiger partial charge in [0.2, 0.25) is 0 Å². The average molecular weight is 469 g/mol. The lowest BCUT2D eigenvalue weighted by Gasteiger charge is -2.17. The fourth-order valence-electron chi connectivity index (χ4n) is 3.93. The van der Waals surface area contributed by atoms with Gasteiger partial charge in [-0.1, -0.05) is 60.1 Å². The summed E-state index contributed by atoms with van der Waals surface area (Å²) in [6.07, 6.45) is 1.91. The summed E-state index contributed by atoms with van der Waals surface area (Å²) < 4.78 is 1.79. The summed E-state index contributed by atoms with van der Waals surface area (Å²) in [5, 5.41) is 6.23. The number of para-hydroxylation sites is 2. The van der Waals surface area contributed by atoms with Gasteiger partial charge in [-0.2, -0.15) is 5.10 Å². The number of carbonyl (C=O) groups excluding carboxylic acids is 1. The molecule has 34 heavy (non-hydrogen) atoms. The van der Waals surface area contributed by atoms with Gasteiger partial charge in [-0.25, -0.2) is 4.68 Å². The van der Waals surface area contributed by atoms with Crippen LogP contribution in [0.1, 0.15) is 15.9 Å². The number of benzene rings is 3. The Kier molecular flexibility index (Phi) is 5.74. The van der Waals surface area contributed by atoms with Crippen LogP contribution in [0.15, 0.2) is 95.9 Å². The van der Waals surface area contributed by atoms with Crippen LogP contribution in [0.3, 0.4) is 0 Å². The lowest BCUT2D eigenvalue weighted by Crippen LogP contribution is -2.31. The molecule has 5 aromatic rings. The van der Waals surface area contributed by atoms with Crippen molar-refractivity contribution < 1.29 is 4.79 Å². The third kappa shape index (κ3) is 4.23. The fourth-order valence-corrected chi connectivity index (χ4v) is 4.05. The molecule has 2 heterocycles. The first-order valence-corrected chi connectivity index (χ1v) is 11.1. The molecule has 168 valence electrons. The first-order valence-electron chi connectivity index (χ1n) is 10.8. The van der Waals surface area contributed by atoms with Crippen LogP contribution in [0.2, 0.25) is 5.02 Å². The predicted molar refractivity (Wildman–Crippen MR) is 134 cm³/mol. The zero-order chi connectivity index (χ0) is 23.7.